The van der Waals surface area contributed by atoms with Crippen molar-refractivity contribution in [3.63, 3.8) is 0 Å². The lowest BCUT2D eigenvalue weighted by atomic mass is 10.3. The number of fused-ring (bicyclic) bond motifs is 1. The Kier molecular flexibility index (Phi) is 3.51. The zero-order valence-corrected chi connectivity index (χ0v) is 14.1. The van der Waals surface area contributed by atoms with Crippen LogP contribution in [0.2, 0.25) is 5.02 Å². The lowest BCUT2D eigenvalue weighted by Crippen LogP contribution is -1.96. The molecular weight excluding hydrogens is 413 g/mol. The minimum atomic E-state index is 0.573. The van der Waals surface area contributed by atoms with Crippen LogP contribution in [0.25, 0.3) is 16.9 Å². The summed E-state index contributed by atoms with van der Waals surface area (Å²) in [5, 5.41) is 0.573. The van der Waals surface area contributed by atoms with Gasteiger partial charge < -0.3 is 4.98 Å². The second-order valence-corrected chi connectivity index (χ2v) is 6.48. The van der Waals surface area contributed by atoms with Crippen LogP contribution in [0.3, 0.4) is 0 Å². The summed E-state index contributed by atoms with van der Waals surface area (Å²) in [5.74, 6) is 0. The number of imidazole rings is 1. The summed E-state index contributed by atoms with van der Waals surface area (Å²) in [6.07, 6.45) is 1.61. The lowest BCUT2D eigenvalue weighted by Gasteiger charge is -2.07. The number of hydrogen-bond acceptors (Lipinski definition) is 2. The molecule has 3 rings (SSSR count). The van der Waals surface area contributed by atoms with Gasteiger partial charge in [0.2, 0.25) is 0 Å². The predicted octanol–water partition coefficient (Wildman–Crippen LogP) is 5.26. The molecule has 0 aliphatic heterocycles. The molecule has 19 heavy (non-hydrogen) atoms. The molecule has 2 aromatic heterocycles. The smallest absolute Gasteiger partial charge is 0.184 e. The van der Waals surface area contributed by atoms with Gasteiger partial charge in [-0.25, -0.2) is 4.98 Å². The molecule has 0 radical (unpaired) electrons. The molecule has 1 N–H and O–H groups in total. The molecule has 7 heteroatoms. The molecule has 3 aromatic rings. The normalized spacial score (nSPS) is 11.1. The quantitative estimate of drug-likeness (QED) is 0.546. The zero-order valence-electron chi connectivity index (χ0n) is 9.32. The number of nitrogens with zero attached hydrogens (tertiary/aromatic N) is 2. The van der Waals surface area contributed by atoms with Crippen molar-refractivity contribution in [1.29, 1.82) is 0 Å². The molecule has 0 bridgehead atoms. The summed E-state index contributed by atoms with van der Waals surface area (Å²) in [7, 11) is 0. The average Bonchev–Trinajstić information content (AvgIpc) is 2.67. The molecule has 0 aliphatic carbocycles. The molecule has 1 aromatic carbocycles. The summed E-state index contributed by atoms with van der Waals surface area (Å²) < 4.78 is 4.35. The Morgan fingerprint density at radius 2 is 2.05 bits per heavy atom. The molecule has 3 nitrogen and oxygen atoms in total. The van der Waals surface area contributed by atoms with E-state index in [1.54, 1.807) is 6.20 Å². The highest BCUT2D eigenvalue weighted by atomic mass is 79.9. The first-order valence-electron chi connectivity index (χ1n) is 5.28. The van der Waals surface area contributed by atoms with Crippen LogP contribution in [-0.2, 0) is 0 Å². The molecule has 0 spiro atoms. The highest BCUT2D eigenvalue weighted by molar-refractivity contribution is 9.11. The van der Waals surface area contributed by atoms with Crippen LogP contribution in [0, 0.1) is 4.77 Å². The number of hydrogen-bond donors (Lipinski definition) is 1. The lowest BCUT2D eigenvalue weighted by molar-refractivity contribution is 1.04. The van der Waals surface area contributed by atoms with Crippen LogP contribution >= 0.6 is 55.7 Å². The molecule has 0 fully saturated rings. The Hall–Kier alpha value is -0.690. The van der Waals surface area contributed by atoms with E-state index in [0.717, 1.165) is 25.8 Å². The van der Waals surface area contributed by atoms with Crippen LogP contribution in [0.4, 0.5) is 0 Å². The third-order valence-electron chi connectivity index (χ3n) is 2.64. The highest BCUT2D eigenvalue weighted by Gasteiger charge is 2.11. The molecule has 0 unspecified atom stereocenters. The van der Waals surface area contributed by atoms with Crippen molar-refractivity contribution in [3.05, 3.63) is 49.2 Å². The van der Waals surface area contributed by atoms with Gasteiger partial charge in [-0.3, -0.25) is 4.57 Å². The van der Waals surface area contributed by atoms with Crippen molar-refractivity contribution in [1.82, 2.24) is 14.5 Å². The van der Waals surface area contributed by atoms with Crippen molar-refractivity contribution in [3.8, 4) is 5.69 Å². The maximum absolute atomic E-state index is 5.94. The molecule has 0 saturated carbocycles. The summed E-state index contributed by atoms with van der Waals surface area (Å²) in [6.45, 7) is 0. The number of benzene rings is 1. The molecule has 96 valence electrons. The van der Waals surface area contributed by atoms with Crippen molar-refractivity contribution in [2.24, 2.45) is 0 Å². The topological polar surface area (TPSA) is 33.6 Å². The SMILES string of the molecule is S=c1[nH]c2cc(Cl)cnc2n1-c1cc(Br)ccc1Br. The number of pyridine rings is 1. The van der Waals surface area contributed by atoms with Gasteiger partial charge in [-0.05, 0) is 52.4 Å². The molecular formula is C12H6Br2ClN3S. The van der Waals surface area contributed by atoms with E-state index in [4.69, 9.17) is 23.8 Å². The minimum Gasteiger partial charge on any atom is -0.329 e. The third-order valence-corrected chi connectivity index (χ3v) is 4.29. The first-order valence-corrected chi connectivity index (χ1v) is 7.65. The van der Waals surface area contributed by atoms with Crippen LogP contribution in [0.1, 0.15) is 0 Å². The van der Waals surface area contributed by atoms with Crippen molar-refractivity contribution in [2.75, 3.05) is 0 Å². The number of halogens is 3. The highest BCUT2D eigenvalue weighted by Crippen LogP contribution is 2.28. The van der Waals surface area contributed by atoms with Crippen LogP contribution in [0.5, 0.6) is 0 Å². The predicted molar refractivity (Wildman–Crippen MR) is 86.7 cm³/mol. The summed E-state index contributed by atoms with van der Waals surface area (Å²) >= 11 is 18.3. The summed E-state index contributed by atoms with van der Waals surface area (Å²) in [4.78, 5) is 7.45. The summed E-state index contributed by atoms with van der Waals surface area (Å²) in [5.41, 5.74) is 2.47. The summed E-state index contributed by atoms with van der Waals surface area (Å²) in [6, 6.07) is 7.69. The largest absolute Gasteiger partial charge is 0.329 e. The maximum atomic E-state index is 5.94. The van der Waals surface area contributed by atoms with Crippen molar-refractivity contribution >= 4 is 66.8 Å². The van der Waals surface area contributed by atoms with E-state index in [-0.39, 0.29) is 0 Å². The average molecular weight is 420 g/mol. The van der Waals surface area contributed by atoms with Gasteiger partial charge in [-0.2, -0.15) is 0 Å². The molecule has 2 heterocycles. The molecule has 0 saturated heterocycles. The van der Waals surface area contributed by atoms with E-state index in [9.17, 15) is 0 Å². The Morgan fingerprint density at radius 3 is 2.84 bits per heavy atom. The Balaban J connectivity index is 2.39. The van der Waals surface area contributed by atoms with Crippen molar-refractivity contribution < 1.29 is 0 Å². The van der Waals surface area contributed by atoms with Gasteiger partial charge in [0.05, 0.1) is 16.2 Å². The zero-order chi connectivity index (χ0) is 13.6. The van der Waals surface area contributed by atoms with Crippen LogP contribution in [-0.4, -0.2) is 14.5 Å². The number of aromatic nitrogens is 3. The van der Waals surface area contributed by atoms with Gasteiger partial charge >= 0.3 is 0 Å². The maximum Gasteiger partial charge on any atom is 0.184 e. The van der Waals surface area contributed by atoms with E-state index in [1.807, 2.05) is 28.8 Å². The monoisotopic (exact) mass is 417 g/mol. The van der Waals surface area contributed by atoms with Crippen LogP contribution < -0.4 is 0 Å². The Morgan fingerprint density at radius 1 is 1.26 bits per heavy atom. The first kappa shape index (κ1) is 13.3. The van der Waals surface area contributed by atoms with Gasteiger partial charge in [0.1, 0.15) is 0 Å². The standard InChI is InChI=1S/C12H6Br2ClN3S/c13-6-1-2-8(14)10(3-6)18-11-9(17-12(18)19)4-7(15)5-16-11/h1-5H,(H,17,19). The Bertz CT molecular complexity index is 841. The second kappa shape index (κ2) is 5.01. The van der Waals surface area contributed by atoms with Gasteiger partial charge in [0.25, 0.3) is 0 Å². The van der Waals surface area contributed by atoms with E-state index in [2.05, 4.69) is 41.8 Å². The van der Waals surface area contributed by atoms with E-state index < -0.39 is 0 Å². The molecule has 0 amide bonds. The van der Waals surface area contributed by atoms with E-state index in [0.29, 0.717) is 9.79 Å². The number of nitrogens with one attached hydrogen (secondary N) is 1. The van der Waals surface area contributed by atoms with E-state index in [1.165, 1.54) is 0 Å². The van der Waals surface area contributed by atoms with Gasteiger partial charge in [0, 0.05) is 15.1 Å². The fourth-order valence-corrected chi connectivity index (χ4v) is 3.08. The number of aromatic amines is 1. The first-order chi connectivity index (χ1) is 9.06. The molecule has 0 aliphatic rings. The Labute approximate surface area is 135 Å². The van der Waals surface area contributed by atoms with Crippen LogP contribution in [0.15, 0.2) is 39.4 Å². The minimum absolute atomic E-state index is 0.573. The van der Waals surface area contributed by atoms with E-state index >= 15 is 0 Å². The fraction of sp³-hybridized carbons (Fsp3) is 0. The number of H-pyrrole nitrogens is 1. The van der Waals surface area contributed by atoms with Gasteiger partial charge in [0.15, 0.2) is 10.4 Å². The third kappa shape index (κ3) is 2.38. The van der Waals surface area contributed by atoms with Gasteiger partial charge in [-0.15, -0.1) is 0 Å². The number of rotatable bonds is 1. The van der Waals surface area contributed by atoms with Gasteiger partial charge in [-0.1, -0.05) is 27.5 Å². The fourth-order valence-electron chi connectivity index (χ4n) is 1.85. The second-order valence-electron chi connectivity index (χ2n) is 3.89. The van der Waals surface area contributed by atoms with Crippen molar-refractivity contribution in [2.45, 2.75) is 0 Å². The molecule has 0 atom stereocenters.